The highest BCUT2D eigenvalue weighted by atomic mass is 32.2. The fraction of sp³-hybridized carbons (Fsp3) is 0.333. The molecule has 0 bridgehead atoms. The zero-order valence-corrected chi connectivity index (χ0v) is 6.84. The molecule has 1 aliphatic heterocycles. The van der Waals surface area contributed by atoms with Gasteiger partial charge in [0.2, 0.25) is 7.98 Å². The average Bonchev–Trinajstić information content (AvgIpc) is 2.25. The fourth-order valence-corrected chi connectivity index (χ4v) is 1.42. The molecule has 0 aromatic heterocycles. The Balaban J connectivity index is 3.09. The third-order valence-corrected chi connectivity index (χ3v) is 1.85. The van der Waals surface area contributed by atoms with E-state index < -0.39 is 10.2 Å². The van der Waals surface area contributed by atoms with Gasteiger partial charge in [0, 0.05) is 0 Å². The van der Waals surface area contributed by atoms with E-state index in [1.807, 2.05) is 0 Å². The lowest BCUT2D eigenvalue weighted by Crippen LogP contribution is -2.27. The Bertz CT molecular complexity index is 293. The lowest BCUT2D eigenvalue weighted by molar-refractivity contribution is 0.412. The average molecular weight is 175 g/mol. The molecule has 60 valence electrons. The lowest BCUT2D eigenvalue weighted by Gasteiger charge is -1.98. The number of hydrogen-bond donors (Lipinski definition) is 1. The third-order valence-electron chi connectivity index (χ3n) is 1.04. The number of rotatable bonds is 0. The summed E-state index contributed by atoms with van der Waals surface area (Å²) >= 11 is 0. The Hall–Kier alpha value is -1.05. The van der Waals surface area contributed by atoms with E-state index in [4.69, 9.17) is 0 Å². The minimum absolute atomic E-state index is 0.00694. The molecule has 0 aromatic carbocycles. The van der Waals surface area contributed by atoms with Gasteiger partial charge < -0.3 is 9.96 Å². The summed E-state index contributed by atoms with van der Waals surface area (Å²) in [6.45, 7) is 0. The first kappa shape index (κ1) is 8.06. The van der Waals surface area contributed by atoms with Gasteiger partial charge in [0.05, 0.1) is 7.11 Å². The molecule has 6 nitrogen and oxygen atoms in total. The highest BCUT2D eigenvalue weighted by Gasteiger charge is 2.23. The summed E-state index contributed by atoms with van der Waals surface area (Å²) in [7, 11) is -0.819. The summed E-state index contributed by atoms with van der Waals surface area (Å²) in [4.78, 5) is 0. The van der Waals surface area contributed by atoms with Crippen molar-refractivity contribution in [2.75, 3.05) is 7.11 Å². The molecule has 1 N–H and O–H groups in total. The summed E-state index contributed by atoms with van der Waals surface area (Å²) in [5.74, 6) is 0.125. The van der Waals surface area contributed by atoms with Gasteiger partial charge in [0.25, 0.3) is 5.90 Å². The van der Waals surface area contributed by atoms with Crippen molar-refractivity contribution in [3.63, 3.8) is 0 Å². The Morgan fingerprint density at radius 3 is 2.55 bits per heavy atom. The molecular formula is C3H6BN3O3S. The molecule has 0 saturated carbocycles. The summed E-state index contributed by atoms with van der Waals surface area (Å²) < 4.78 is 32.4. The molecule has 11 heavy (non-hydrogen) atoms. The summed E-state index contributed by atoms with van der Waals surface area (Å²) in [5.41, 5.74) is 0. The van der Waals surface area contributed by atoms with Gasteiger partial charge >= 0.3 is 10.2 Å². The molecule has 0 atom stereocenters. The maximum absolute atomic E-state index is 10.7. The second-order valence-electron chi connectivity index (χ2n) is 1.74. The second kappa shape index (κ2) is 2.53. The standard InChI is InChI=1S/C3H6BN3O3S/c1-10-3-2(5-4)6-11(8,9)7-3/h4H2,1H3,(H,5,6). The van der Waals surface area contributed by atoms with Crippen molar-refractivity contribution in [2.45, 2.75) is 0 Å². The minimum atomic E-state index is -3.68. The second-order valence-corrected chi connectivity index (χ2v) is 3.00. The Morgan fingerprint density at radius 1 is 1.55 bits per heavy atom. The first-order chi connectivity index (χ1) is 5.09. The van der Waals surface area contributed by atoms with Crippen LogP contribution >= 0.6 is 0 Å². The Kier molecular flexibility index (Phi) is 1.86. The molecule has 1 rings (SSSR count). The van der Waals surface area contributed by atoms with E-state index in [1.54, 1.807) is 0 Å². The third kappa shape index (κ3) is 1.51. The van der Waals surface area contributed by atoms with E-state index >= 15 is 0 Å². The lowest BCUT2D eigenvalue weighted by atomic mass is 10.4. The van der Waals surface area contributed by atoms with Crippen molar-refractivity contribution in [1.82, 2.24) is 5.23 Å². The van der Waals surface area contributed by atoms with Crippen LogP contribution in [0.4, 0.5) is 0 Å². The number of ether oxygens (including phenoxy) is 1. The van der Waals surface area contributed by atoms with E-state index in [0.717, 1.165) is 0 Å². The molecule has 1 heterocycles. The Morgan fingerprint density at radius 2 is 2.18 bits per heavy atom. The van der Waals surface area contributed by atoms with E-state index in [2.05, 4.69) is 18.8 Å². The van der Waals surface area contributed by atoms with Crippen molar-refractivity contribution >= 4 is 29.9 Å². The van der Waals surface area contributed by atoms with Crippen LogP contribution in [0.5, 0.6) is 0 Å². The van der Waals surface area contributed by atoms with Gasteiger partial charge in [-0.25, -0.2) is 0 Å². The maximum Gasteiger partial charge on any atom is 0.368 e. The largest absolute Gasteiger partial charge is 0.478 e. The first-order valence-electron chi connectivity index (χ1n) is 2.76. The van der Waals surface area contributed by atoms with E-state index in [9.17, 15) is 8.42 Å². The number of methoxy groups -OCH3 is 1. The number of amidine groups is 1. The Labute approximate surface area is 65.0 Å². The quantitative estimate of drug-likeness (QED) is 0.424. The summed E-state index contributed by atoms with van der Waals surface area (Å²) in [5, 5.41) is 2.54. The molecule has 0 radical (unpaired) electrons. The predicted molar refractivity (Wildman–Crippen MR) is 42.5 cm³/mol. The van der Waals surface area contributed by atoms with Gasteiger partial charge in [-0.1, -0.05) is 0 Å². The van der Waals surface area contributed by atoms with Crippen molar-refractivity contribution in [3.05, 3.63) is 0 Å². The monoisotopic (exact) mass is 175 g/mol. The van der Waals surface area contributed by atoms with Gasteiger partial charge in [-0.2, -0.15) is 8.42 Å². The zero-order valence-electron chi connectivity index (χ0n) is 6.03. The van der Waals surface area contributed by atoms with Gasteiger partial charge in [-0.15, -0.1) is 8.80 Å². The van der Waals surface area contributed by atoms with Crippen molar-refractivity contribution in [3.8, 4) is 0 Å². The number of hydrogen-bond acceptors (Lipinski definition) is 4. The van der Waals surface area contributed by atoms with Crippen LogP contribution in [0.25, 0.3) is 0 Å². The van der Waals surface area contributed by atoms with Gasteiger partial charge in [0.15, 0.2) is 5.84 Å². The molecule has 0 saturated heterocycles. The summed E-state index contributed by atoms with van der Waals surface area (Å²) in [6, 6.07) is 0. The maximum atomic E-state index is 10.7. The minimum Gasteiger partial charge on any atom is -0.478 e. The fourth-order valence-electron chi connectivity index (χ4n) is 0.609. The van der Waals surface area contributed by atoms with Crippen LogP contribution in [-0.4, -0.2) is 35.2 Å². The van der Waals surface area contributed by atoms with Crippen molar-refractivity contribution in [2.24, 2.45) is 8.80 Å². The van der Waals surface area contributed by atoms with Crippen LogP contribution in [0.1, 0.15) is 0 Å². The van der Waals surface area contributed by atoms with E-state index in [0.29, 0.717) is 0 Å². The molecule has 0 fully saturated rings. The van der Waals surface area contributed by atoms with Crippen LogP contribution in [0.3, 0.4) is 0 Å². The highest BCUT2D eigenvalue weighted by Crippen LogP contribution is 2.05. The number of nitrogens with one attached hydrogen (secondary N) is 1. The smallest absolute Gasteiger partial charge is 0.368 e. The highest BCUT2D eigenvalue weighted by molar-refractivity contribution is 7.89. The molecule has 0 aromatic rings. The normalized spacial score (nSPS) is 20.5. The summed E-state index contributed by atoms with van der Waals surface area (Å²) in [6.07, 6.45) is 0. The molecule has 0 amide bonds. The molecule has 0 aliphatic carbocycles. The van der Waals surface area contributed by atoms with Gasteiger partial charge in [0.1, 0.15) is 0 Å². The van der Waals surface area contributed by atoms with E-state index in [1.165, 1.54) is 15.1 Å². The molecule has 0 spiro atoms. The SMILES string of the molecule is BNC1=NS(=O)(=O)N=C1OC. The van der Waals surface area contributed by atoms with Crippen LogP contribution in [0.2, 0.25) is 0 Å². The van der Waals surface area contributed by atoms with Crippen LogP contribution in [0.15, 0.2) is 8.80 Å². The van der Waals surface area contributed by atoms with Gasteiger partial charge in [-0.05, 0) is 0 Å². The molecule has 1 aliphatic rings. The zero-order chi connectivity index (χ0) is 8.48. The molecular weight excluding hydrogens is 169 g/mol. The topological polar surface area (TPSA) is 80.1 Å². The molecule has 8 heteroatoms. The number of nitrogens with zero attached hydrogens (tertiary/aromatic N) is 2. The van der Waals surface area contributed by atoms with E-state index in [-0.39, 0.29) is 11.7 Å². The predicted octanol–water partition coefficient (Wildman–Crippen LogP) is -2.17. The van der Waals surface area contributed by atoms with Crippen molar-refractivity contribution in [1.29, 1.82) is 0 Å². The van der Waals surface area contributed by atoms with Gasteiger partial charge in [-0.3, -0.25) is 0 Å². The molecule has 0 unspecified atom stereocenters. The van der Waals surface area contributed by atoms with Crippen LogP contribution in [0, 0.1) is 0 Å². The van der Waals surface area contributed by atoms with Crippen LogP contribution in [-0.2, 0) is 14.9 Å². The van der Waals surface area contributed by atoms with Crippen molar-refractivity contribution < 1.29 is 13.2 Å². The van der Waals surface area contributed by atoms with Crippen LogP contribution < -0.4 is 5.23 Å². The first-order valence-corrected chi connectivity index (χ1v) is 4.16.